The summed E-state index contributed by atoms with van der Waals surface area (Å²) in [5.41, 5.74) is 4.74. The van der Waals surface area contributed by atoms with E-state index in [9.17, 15) is 9.59 Å². The fraction of sp³-hybridized carbons (Fsp3) is 0.414. The number of hydrogen-bond donors (Lipinski definition) is 2. The highest BCUT2D eigenvalue weighted by atomic mass is 32.1. The van der Waals surface area contributed by atoms with Gasteiger partial charge in [0.25, 0.3) is 5.91 Å². The maximum atomic E-state index is 13.1. The molecule has 1 fully saturated rings. The molecule has 2 aromatic heterocycles. The summed E-state index contributed by atoms with van der Waals surface area (Å²) < 4.78 is 0. The summed E-state index contributed by atoms with van der Waals surface area (Å²) in [6.45, 7) is 6.98. The lowest BCUT2D eigenvalue weighted by Crippen LogP contribution is -2.29. The summed E-state index contributed by atoms with van der Waals surface area (Å²) in [5.74, 6) is 0.692. The molecule has 37 heavy (non-hydrogen) atoms. The fourth-order valence-electron chi connectivity index (χ4n) is 5.72. The number of H-pyrrole nitrogens is 1. The van der Waals surface area contributed by atoms with Gasteiger partial charge in [0, 0.05) is 48.1 Å². The zero-order valence-corrected chi connectivity index (χ0v) is 22.1. The van der Waals surface area contributed by atoms with E-state index in [0.717, 1.165) is 53.8 Å². The largest absolute Gasteiger partial charge is 0.382 e. The van der Waals surface area contributed by atoms with Gasteiger partial charge in [-0.25, -0.2) is 4.98 Å². The zero-order chi connectivity index (χ0) is 25.4. The molecule has 0 radical (unpaired) electrons. The summed E-state index contributed by atoms with van der Waals surface area (Å²) in [6.07, 6.45) is 8.72. The summed E-state index contributed by atoms with van der Waals surface area (Å²) in [5, 5.41) is 5.62. The van der Waals surface area contributed by atoms with Crippen molar-refractivity contribution in [1.29, 1.82) is 0 Å². The van der Waals surface area contributed by atoms with Gasteiger partial charge >= 0.3 is 0 Å². The highest BCUT2D eigenvalue weighted by Gasteiger charge is 2.29. The predicted octanol–water partition coefficient (Wildman–Crippen LogP) is 4.53. The van der Waals surface area contributed by atoms with E-state index in [1.165, 1.54) is 30.8 Å². The molecule has 1 atom stereocenters. The Labute approximate surface area is 221 Å². The number of ketones is 1. The molecule has 6 rings (SSSR count). The molecule has 7 nitrogen and oxygen atoms in total. The van der Waals surface area contributed by atoms with Crippen molar-refractivity contribution in [3.05, 3.63) is 69.3 Å². The summed E-state index contributed by atoms with van der Waals surface area (Å²) in [7, 11) is 0. The topological polar surface area (TPSA) is 81.3 Å². The molecular formula is C29H33N5O2S. The van der Waals surface area contributed by atoms with Crippen LogP contribution in [0.1, 0.15) is 59.2 Å². The molecule has 0 bridgehead atoms. The number of aromatic nitrogens is 2. The Morgan fingerprint density at radius 1 is 1.19 bits per heavy atom. The van der Waals surface area contributed by atoms with Crippen molar-refractivity contribution in [2.75, 3.05) is 26.2 Å². The molecule has 192 valence electrons. The van der Waals surface area contributed by atoms with Crippen LogP contribution in [0.15, 0.2) is 47.5 Å². The number of Topliss-reactive ketones (excluding diaryl/α,β-unsaturated/α-hetero) is 1. The summed E-state index contributed by atoms with van der Waals surface area (Å²) in [4.78, 5) is 40.1. The van der Waals surface area contributed by atoms with Gasteiger partial charge in [-0.1, -0.05) is 12.1 Å². The van der Waals surface area contributed by atoms with Gasteiger partial charge in [0.2, 0.25) is 0 Å². The van der Waals surface area contributed by atoms with Crippen LogP contribution in [0.5, 0.6) is 0 Å². The highest BCUT2D eigenvalue weighted by molar-refractivity contribution is 7.09. The van der Waals surface area contributed by atoms with Gasteiger partial charge in [0.1, 0.15) is 5.82 Å². The number of rotatable bonds is 9. The van der Waals surface area contributed by atoms with Crippen LogP contribution in [0.2, 0.25) is 0 Å². The standard InChI is InChI=1S/C29H33N5O2S/c1-19(15-21-7-5-14-37-21)30-23-8-4-9-26(35)27(23)28-31-24-16-20-18-34(13-6-12-33-10-2-3-11-33)29(36)22(20)17-25(24)32-28/h4-5,7-8,14,16-17,19,30H,2-3,6,9-13,15,18H2,1H3,(H,31,32). The third-order valence-electron chi connectivity index (χ3n) is 7.55. The van der Waals surface area contributed by atoms with Crippen LogP contribution in [-0.4, -0.2) is 63.7 Å². The molecule has 0 saturated carbocycles. The number of nitrogens with one attached hydrogen (secondary N) is 2. The fourth-order valence-corrected chi connectivity index (χ4v) is 6.55. The second kappa shape index (κ2) is 10.3. The first-order valence-electron chi connectivity index (χ1n) is 13.3. The Morgan fingerprint density at radius 3 is 2.86 bits per heavy atom. The Balaban J connectivity index is 1.20. The minimum absolute atomic E-state index is 0.0418. The molecule has 3 aromatic rings. The number of imidazole rings is 1. The number of thiophene rings is 1. The van der Waals surface area contributed by atoms with E-state index < -0.39 is 0 Å². The summed E-state index contributed by atoms with van der Waals surface area (Å²) in [6, 6.07) is 8.29. The number of hydrogen-bond acceptors (Lipinski definition) is 6. The van der Waals surface area contributed by atoms with Gasteiger partial charge in [-0.05, 0) is 81.0 Å². The van der Waals surface area contributed by atoms with Crippen molar-refractivity contribution in [2.45, 2.75) is 51.6 Å². The van der Waals surface area contributed by atoms with E-state index in [2.05, 4.69) is 39.6 Å². The van der Waals surface area contributed by atoms with Gasteiger partial charge < -0.3 is 20.1 Å². The molecule has 3 aliphatic rings. The van der Waals surface area contributed by atoms with E-state index >= 15 is 0 Å². The lowest BCUT2D eigenvalue weighted by atomic mass is 9.99. The first-order chi connectivity index (χ1) is 18.0. The Morgan fingerprint density at radius 2 is 2.05 bits per heavy atom. The smallest absolute Gasteiger partial charge is 0.254 e. The molecule has 1 aliphatic carbocycles. The highest BCUT2D eigenvalue weighted by Crippen LogP contribution is 2.30. The van der Waals surface area contributed by atoms with Crippen molar-refractivity contribution in [1.82, 2.24) is 25.1 Å². The molecule has 0 spiro atoms. The van der Waals surface area contributed by atoms with Crippen LogP contribution in [0.25, 0.3) is 16.6 Å². The van der Waals surface area contributed by atoms with E-state index in [4.69, 9.17) is 4.98 Å². The van der Waals surface area contributed by atoms with Crippen LogP contribution in [0.3, 0.4) is 0 Å². The van der Waals surface area contributed by atoms with Crippen molar-refractivity contribution < 1.29 is 9.59 Å². The van der Waals surface area contributed by atoms with Gasteiger partial charge in [-0.2, -0.15) is 0 Å². The number of carbonyl (C=O) groups is 2. The maximum absolute atomic E-state index is 13.1. The van der Waals surface area contributed by atoms with Crippen molar-refractivity contribution in [3.63, 3.8) is 0 Å². The minimum atomic E-state index is 0.0418. The third-order valence-corrected chi connectivity index (χ3v) is 8.45. The predicted molar refractivity (Wildman–Crippen MR) is 147 cm³/mol. The molecule has 4 heterocycles. The number of likely N-dealkylation sites (tertiary alicyclic amines) is 1. The number of aromatic amines is 1. The second-order valence-electron chi connectivity index (χ2n) is 10.4. The van der Waals surface area contributed by atoms with Gasteiger partial charge in [-0.3, -0.25) is 9.59 Å². The zero-order valence-electron chi connectivity index (χ0n) is 21.3. The van der Waals surface area contributed by atoms with Crippen molar-refractivity contribution >= 4 is 39.6 Å². The van der Waals surface area contributed by atoms with Gasteiger partial charge in [0.05, 0.1) is 16.6 Å². The molecule has 1 amide bonds. The Hall–Kier alpha value is -3.23. The molecule has 2 aliphatic heterocycles. The van der Waals surface area contributed by atoms with E-state index in [1.807, 2.05) is 29.2 Å². The van der Waals surface area contributed by atoms with Crippen LogP contribution in [0, 0.1) is 0 Å². The van der Waals surface area contributed by atoms with Gasteiger partial charge in [0.15, 0.2) is 5.78 Å². The van der Waals surface area contributed by atoms with E-state index in [1.54, 1.807) is 11.3 Å². The van der Waals surface area contributed by atoms with E-state index in [0.29, 0.717) is 24.4 Å². The van der Waals surface area contributed by atoms with Crippen LogP contribution < -0.4 is 5.32 Å². The first kappa shape index (κ1) is 24.1. The minimum Gasteiger partial charge on any atom is -0.382 e. The number of benzene rings is 1. The number of allylic oxidation sites excluding steroid dienone is 3. The van der Waals surface area contributed by atoms with Crippen molar-refractivity contribution in [3.8, 4) is 0 Å². The van der Waals surface area contributed by atoms with Crippen LogP contribution in [-0.2, 0) is 17.8 Å². The lowest BCUT2D eigenvalue weighted by Gasteiger charge is -2.20. The third kappa shape index (κ3) is 5.00. The first-order valence-corrected chi connectivity index (χ1v) is 14.2. The summed E-state index contributed by atoms with van der Waals surface area (Å²) >= 11 is 1.74. The number of nitrogens with zero attached hydrogens (tertiary/aromatic N) is 3. The quantitative estimate of drug-likeness (QED) is 0.438. The van der Waals surface area contributed by atoms with Crippen LogP contribution in [0.4, 0.5) is 0 Å². The average molecular weight is 516 g/mol. The number of amides is 1. The molecule has 8 heteroatoms. The average Bonchev–Trinajstić information content (AvgIpc) is 3.67. The molecule has 1 saturated heterocycles. The normalized spacial score (nSPS) is 18.9. The number of fused-ring (bicyclic) bond motifs is 2. The Kier molecular flexibility index (Phi) is 6.69. The number of carbonyl (C=O) groups excluding carboxylic acids is 2. The molecular weight excluding hydrogens is 482 g/mol. The van der Waals surface area contributed by atoms with Crippen LogP contribution >= 0.6 is 11.3 Å². The molecule has 2 N–H and O–H groups in total. The van der Waals surface area contributed by atoms with Crippen molar-refractivity contribution in [2.24, 2.45) is 0 Å². The molecule has 1 aromatic carbocycles. The molecule has 1 unspecified atom stereocenters. The van der Waals surface area contributed by atoms with E-state index in [-0.39, 0.29) is 17.7 Å². The SMILES string of the molecule is CC(Cc1cccs1)NC1=C(c2nc3cc4c(cc3[nH]2)CN(CCCN2CCCC2)C4=O)C(=O)CC=C1. The second-order valence-corrected chi connectivity index (χ2v) is 11.4. The lowest BCUT2D eigenvalue weighted by molar-refractivity contribution is -0.113. The monoisotopic (exact) mass is 515 g/mol. The Bertz CT molecular complexity index is 1380. The van der Waals surface area contributed by atoms with Gasteiger partial charge in [-0.15, -0.1) is 11.3 Å². The maximum Gasteiger partial charge on any atom is 0.254 e.